The van der Waals surface area contributed by atoms with Crippen LogP contribution in [0.15, 0.2) is 29.8 Å². The van der Waals surface area contributed by atoms with E-state index in [9.17, 15) is 14.4 Å². The lowest BCUT2D eigenvalue weighted by Crippen LogP contribution is -2.51. The maximum atomic E-state index is 11.8. The fourth-order valence-corrected chi connectivity index (χ4v) is 2.02. The highest BCUT2D eigenvalue weighted by Crippen LogP contribution is 2.21. The number of esters is 1. The number of hydrogen-bond acceptors (Lipinski definition) is 6. The molecule has 0 aromatic heterocycles. The van der Waals surface area contributed by atoms with Gasteiger partial charge < -0.3 is 9.47 Å². The molecule has 1 aliphatic heterocycles. The second-order valence-corrected chi connectivity index (χ2v) is 4.84. The average Bonchev–Trinajstić information content (AvgIpc) is 2.50. The molecule has 1 aromatic rings. The average molecular weight is 334 g/mol. The van der Waals surface area contributed by atoms with Crippen molar-refractivity contribution in [1.29, 1.82) is 0 Å². The minimum absolute atomic E-state index is 0.0380. The van der Waals surface area contributed by atoms with Crippen LogP contribution in [0.5, 0.6) is 5.75 Å². The zero-order valence-electron chi connectivity index (χ0n) is 12.3. The molecule has 0 saturated carbocycles. The third-order valence-corrected chi connectivity index (χ3v) is 3.02. The highest BCUT2D eigenvalue weighted by Gasteiger charge is 2.26. The van der Waals surface area contributed by atoms with Gasteiger partial charge in [-0.2, -0.15) is 0 Å². The Bertz CT molecular complexity index is 677. The van der Waals surface area contributed by atoms with E-state index >= 15 is 0 Å². The van der Waals surface area contributed by atoms with E-state index in [1.54, 1.807) is 31.2 Å². The molecule has 23 heavy (non-hydrogen) atoms. The van der Waals surface area contributed by atoms with Gasteiger partial charge in [0.05, 0.1) is 6.61 Å². The van der Waals surface area contributed by atoms with Gasteiger partial charge in [0.1, 0.15) is 11.3 Å². The SMILES string of the molecule is CCOC(=O)COc1ccccc1C=C1C(=O)NC(=S)NC1=O. The van der Waals surface area contributed by atoms with Crippen LogP contribution in [0.1, 0.15) is 12.5 Å². The molecule has 1 aliphatic rings. The first kappa shape index (κ1) is 16.6. The van der Waals surface area contributed by atoms with Crippen LogP contribution in [0.25, 0.3) is 6.08 Å². The van der Waals surface area contributed by atoms with Gasteiger partial charge in [0.25, 0.3) is 11.8 Å². The summed E-state index contributed by atoms with van der Waals surface area (Å²) >= 11 is 4.73. The number of carbonyl (C=O) groups is 3. The van der Waals surface area contributed by atoms with E-state index in [0.717, 1.165) is 0 Å². The minimum Gasteiger partial charge on any atom is -0.481 e. The first-order valence-electron chi connectivity index (χ1n) is 6.77. The summed E-state index contributed by atoms with van der Waals surface area (Å²) < 4.78 is 10.2. The van der Waals surface area contributed by atoms with Crippen molar-refractivity contribution in [2.45, 2.75) is 6.92 Å². The van der Waals surface area contributed by atoms with Gasteiger partial charge in [0.2, 0.25) is 0 Å². The van der Waals surface area contributed by atoms with Gasteiger partial charge in [-0.25, -0.2) is 4.79 Å². The summed E-state index contributed by atoms with van der Waals surface area (Å²) in [6.07, 6.45) is 1.37. The van der Waals surface area contributed by atoms with Crippen LogP contribution in [0.3, 0.4) is 0 Å². The monoisotopic (exact) mass is 334 g/mol. The van der Waals surface area contributed by atoms with E-state index in [0.29, 0.717) is 11.3 Å². The van der Waals surface area contributed by atoms with Gasteiger partial charge in [-0.1, -0.05) is 18.2 Å². The molecule has 0 radical (unpaired) electrons. The number of carbonyl (C=O) groups excluding carboxylic acids is 3. The van der Waals surface area contributed by atoms with Crippen molar-refractivity contribution in [1.82, 2.24) is 10.6 Å². The maximum absolute atomic E-state index is 11.8. The number of para-hydroxylation sites is 1. The number of ether oxygens (including phenoxy) is 2. The Balaban J connectivity index is 2.21. The predicted molar refractivity (Wildman–Crippen MR) is 85.4 cm³/mol. The van der Waals surface area contributed by atoms with Crippen molar-refractivity contribution in [2.24, 2.45) is 0 Å². The van der Waals surface area contributed by atoms with Crippen LogP contribution >= 0.6 is 12.2 Å². The highest BCUT2D eigenvalue weighted by molar-refractivity contribution is 7.80. The van der Waals surface area contributed by atoms with Crippen LogP contribution in [-0.4, -0.2) is 36.1 Å². The molecular weight excluding hydrogens is 320 g/mol. The fourth-order valence-electron chi connectivity index (χ4n) is 1.83. The molecule has 1 heterocycles. The predicted octanol–water partition coefficient (Wildman–Crippen LogP) is 0.543. The van der Waals surface area contributed by atoms with Gasteiger partial charge in [-0.15, -0.1) is 0 Å². The molecule has 1 aromatic carbocycles. The van der Waals surface area contributed by atoms with E-state index < -0.39 is 17.8 Å². The summed E-state index contributed by atoms with van der Waals surface area (Å²) in [5.41, 5.74) is 0.371. The molecule has 2 N–H and O–H groups in total. The van der Waals surface area contributed by atoms with Crippen molar-refractivity contribution in [3.8, 4) is 5.75 Å². The number of amides is 2. The molecule has 0 bridgehead atoms. The molecule has 0 atom stereocenters. The molecule has 2 rings (SSSR count). The Morgan fingerprint density at radius 2 is 1.87 bits per heavy atom. The van der Waals surface area contributed by atoms with Crippen molar-refractivity contribution >= 4 is 41.2 Å². The Hall–Kier alpha value is -2.74. The van der Waals surface area contributed by atoms with Crippen LogP contribution in [0.2, 0.25) is 0 Å². The molecular formula is C15H14N2O5S. The van der Waals surface area contributed by atoms with Crippen molar-refractivity contribution < 1.29 is 23.9 Å². The molecule has 120 valence electrons. The largest absolute Gasteiger partial charge is 0.481 e. The lowest BCUT2D eigenvalue weighted by molar-refractivity contribution is -0.145. The number of rotatable bonds is 5. The van der Waals surface area contributed by atoms with E-state index in [2.05, 4.69) is 10.6 Å². The Morgan fingerprint density at radius 3 is 2.52 bits per heavy atom. The number of benzene rings is 1. The second kappa shape index (κ2) is 7.50. The molecule has 0 spiro atoms. The van der Waals surface area contributed by atoms with Crippen LogP contribution in [-0.2, 0) is 19.1 Å². The van der Waals surface area contributed by atoms with Crippen LogP contribution < -0.4 is 15.4 Å². The van der Waals surface area contributed by atoms with Crippen molar-refractivity contribution in [3.05, 3.63) is 35.4 Å². The first-order valence-corrected chi connectivity index (χ1v) is 7.18. The number of hydrogen-bond donors (Lipinski definition) is 2. The summed E-state index contributed by atoms with van der Waals surface area (Å²) in [5.74, 6) is -1.35. The lowest BCUT2D eigenvalue weighted by Gasteiger charge is -2.16. The smallest absolute Gasteiger partial charge is 0.344 e. The minimum atomic E-state index is -0.598. The topological polar surface area (TPSA) is 93.7 Å². The van der Waals surface area contributed by atoms with Gasteiger partial charge in [0.15, 0.2) is 11.7 Å². The standard InChI is InChI=1S/C15H14N2O5S/c1-2-21-12(18)8-22-11-6-4-3-5-9(11)7-10-13(19)16-15(23)17-14(10)20/h3-7H,2,8H2,1H3,(H2,16,17,19,20,23). The molecule has 2 amide bonds. The fraction of sp³-hybridized carbons (Fsp3) is 0.200. The number of nitrogens with one attached hydrogen (secondary N) is 2. The molecule has 7 nitrogen and oxygen atoms in total. The van der Waals surface area contributed by atoms with Gasteiger partial charge in [0, 0.05) is 5.56 Å². The molecule has 1 saturated heterocycles. The summed E-state index contributed by atoms with van der Waals surface area (Å²) in [5, 5.41) is 4.65. The molecule has 1 fully saturated rings. The molecule has 0 unspecified atom stereocenters. The van der Waals surface area contributed by atoms with E-state index in [1.807, 2.05) is 0 Å². The summed E-state index contributed by atoms with van der Waals surface area (Å²) in [6.45, 7) is 1.69. The maximum Gasteiger partial charge on any atom is 0.344 e. The van der Waals surface area contributed by atoms with Gasteiger partial charge >= 0.3 is 5.97 Å². The van der Waals surface area contributed by atoms with E-state index in [-0.39, 0.29) is 23.9 Å². The van der Waals surface area contributed by atoms with E-state index in [4.69, 9.17) is 21.7 Å². The number of thiocarbonyl (C=S) groups is 1. The lowest BCUT2D eigenvalue weighted by atomic mass is 10.1. The quantitative estimate of drug-likeness (QED) is 0.353. The summed E-state index contributed by atoms with van der Waals surface area (Å²) in [7, 11) is 0. The Morgan fingerprint density at radius 1 is 1.22 bits per heavy atom. The molecule has 8 heteroatoms. The zero-order chi connectivity index (χ0) is 16.8. The summed E-state index contributed by atoms with van der Waals surface area (Å²) in [4.78, 5) is 35.0. The van der Waals surface area contributed by atoms with Crippen molar-refractivity contribution in [3.63, 3.8) is 0 Å². The van der Waals surface area contributed by atoms with Gasteiger partial charge in [-0.05, 0) is 31.3 Å². The van der Waals surface area contributed by atoms with Crippen LogP contribution in [0, 0.1) is 0 Å². The zero-order valence-corrected chi connectivity index (χ0v) is 13.1. The van der Waals surface area contributed by atoms with Gasteiger partial charge in [-0.3, -0.25) is 20.2 Å². The van der Waals surface area contributed by atoms with Crippen LogP contribution in [0.4, 0.5) is 0 Å². The Kier molecular flexibility index (Phi) is 5.42. The van der Waals surface area contributed by atoms with E-state index in [1.165, 1.54) is 6.08 Å². The first-order chi connectivity index (χ1) is 11.0. The molecule has 0 aliphatic carbocycles. The Labute approximate surface area is 137 Å². The third kappa shape index (κ3) is 4.36. The highest BCUT2D eigenvalue weighted by atomic mass is 32.1. The third-order valence-electron chi connectivity index (χ3n) is 2.81. The normalized spacial score (nSPS) is 14.0. The van der Waals surface area contributed by atoms with Crippen molar-refractivity contribution in [2.75, 3.05) is 13.2 Å². The second-order valence-electron chi connectivity index (χ2n) is 4.43. The summed E-state index contributed by atoms with van der Waals surface area (Å²) in [6, 6.07) is 6.70.